The molecular weight excluding hydrogens is 303 g/mol. The molecule has 22 heavy (non-hydrogen) atoms. The molecule has 5 nitrogen and oxygen atoms in total. The van der Waals surface area contributed by atoms with E-state index in [0.29, 0.717) is 0 Å². The molecule has 0 aromatic heterocycles. The van der Waals surface area contributed by atoms with Crippen LogP contribution in [0.5, 0.6) is 0 Å². The van der Waals surface area contributed by atoms with Gasteiger partial charge in [-0.3, -0.25) is 9.36 Å². The summed E-state index contributed by atoms with van der Waals surface area (Å²) in [5, 5.41) is 0. The molecule has 1 aliphatic heterocycles. The largest absolute Gasteiger partial charge is 0.456 e. The van der Waals surface area contributed by atoms with Crippen molar-refractivity contribution < 1.29 is 23.1 Å². The van der Waals surface area contributed by atoms with Crippen LogP contribution in [0.15, 0.2) is 30.3 Å². The molecule has 0 saturated carbocycles. The van der Waals surface area contributed by atoms with Gasteiger partial charge >= 0.3 is 13.6 Å². The van der Waals surface area contributed by atoms with E-state index in [2.05, 4.69) is 0 Å². The number of hydrogen-bond acceptors (Lipinski definition) is 5. The fourth-order valence-corrected chi connectivity index (χ4v) is 5.00. The standard InChI is InChI=1S/C16H23O5P/c1-11(2)20-22(18,21-12(3)4)14-10-15(17)19-16(14)13-8-6-5-7-9-13/h5-9,11-12,14,16H,10H2,1-4H3/t14-,16+/m1/s1. The second-order valence-electron chi connectivity index (χ2n) is 5.94. The molecule has 122 valence electrons. The van der Waals surface area contributed by atoms with Gasteiger partial charge in [0.25, 0.3) is 0 Å². The first-order chi connectivity index (χ1) is 10.3. The maximum atomic E-state index is 13.3. The number of benzene rings is 1. The Balaban J connectivity index is 2.35. The third-order valence-electron chi connectivity index (χ3n) is 3.23. The van der Waals surface area contributed by atoms with E-state index in [1.54, 1.807) is 27.7 Å². The molecule has 0 spiro atoms. The van der Waals surface area contributed by atoms with Crippen LogP contribution >= 0.6 is 7.60 Å². The highest BCUT2D eigenvalue weighted by molar-refractivity contribution is 7.54. The number of carbonyl (C=O) groups excluding carboxylic acids is 1. The third kappa shape index (κ3) is 3.97. The van der Waals surface area contributed by atoms with Gasteiger partial charge in [0.05, 0.1) is 18.6 Å². The molecule has 0 radical (unpaired) electrons. The van der Waals surface area contributed by atoms with Crippen LogP contribution in [-0.4, -0.2) is 23.8 Å². The van der Waals surface area contributed by atoms with Crippen molar-refractivity contribution in [3.05, 3.63) is 35.9 Å². The van der Waals surface area contributed by atoms with Gasteiger partial charge in [-0.1, -0.05) is 30.3 Å². The summed E-state index contributed by atoms with van der Waals surface area (Å²) in [4.78, 5) is 11.8. The van der Waals surface area contributed by atoms with Crippen LogP contribution in [0.25, 0.3) is 0 Å². The molecule has 1 heterocycles. The van der Waals surface area contributed by atoms with Crippen LogP contribution < -0.4 is 0 Å². The molecule has 0 amide bonds. The Labute approximate surface area is 131 Å². The average molecular weight is 326 g/mol. The van der Waals surface area contributed by atoms with Crippen molar-refractivity contribution in [2.75, 3.05) is 0 Å². The van der Waals surface area contributed by atoms with E-state index >= 15 is 0 Å². The normalized spacial score (nSPS) is 22.4. The maximum Gasteiger partial charge on any atom is 0.338 e. The smallest absolute Gasteiger partial charge is 0.338 e. The zero-order chi connectivity index (χ0) is 16.3. The van der Waals surface area contributed by atoms with Gasteiger partial charge in [0, 0.05) is 0 Å². The topological polar surface area (TPSA) is 61.8 Å². The van der Waals surface area contributed by atoms with E-state index in [9.17, 15) is 9.36 Å². The third-order valence-corrected chi connectivity index (χ3v) is 5.93. The van der Waals surface area contributed by atoms with Crippen molar-refractivity contribution >= 4 is 13.6 Å². The minimum atomic E-state index is -3.48. The fourth-order valence-electron chi connectivity index (χ4n) is 2.53. The summed E-state index contributed by atoms with van der Waals surface area (Å²) in [5.74, 6) is -0.376. The van der Waals surface area contributed by atoms with E-state index in [0.717, 1.165) is 5.56 Å². The number of cyclic esters (lactones) is 1. The lowest BCUT2D eigenvalue weighted by Crippen LogP contribution is -2.21. The first-order valence-corrected chi connectivity index (χ1v) is 9.14. The predicted molar refractivity (Wildman–Crippen MR) is 83.7 cm³/mol. The van der Waals surface area contributed by atoms with Crippen LogP contribution in [0.2, 0.25) is 0 Å². The number of carbonyl (C=O) groups is 1. The van der Waals surface area contributed by atoms with E-state index in [1.807, 2.05) is 30.3 Å². The number of rotatable bonds is 6. The zero-order valence-corrected chi connectivity index (χ0v) is 14.3. The van der Waals surface area contributed by atoms with Crippen LogP contribution in [0.1, 0.15) is 45.8 Å². The second kappa shape index (κ2) is 6.95. The van der Waals surface area contributed by atoms with Crippen LogP contribution in [0.4, 0.5) is 0 Å². The Morgan fingerprint density at radius 3 is 2.14 bits per heavy atom. The van der Waals surface area contributed by atoms with Gasteiger partial charge in [0.1, 0.15) is 11.8 Å². The highest BCUT2D eigenvalue weighted by Gasteiger charge is 2.50. The molecule has 1 fully saturated rings. The maximum absolute atomic E-state index is 13.3. The molecule has 6 heteroatoms. The Bertz CT molecular complexity index is 541. The molecule has 0 unspecified atom stereocenters. The average Bonchev–Trinajstić information content (AvgIpc) is 2.81. The van der Waals surface area contributed by atoms with Gasteiger partial charge in [-0.25, -0.2) is 0 Å². The lowest BCUT2D eigenvalue weighted by atomic mass is 10.1. The predicted octanol–water partition coefficient (Wildman–Crippen LogP) is 4.09. The van der Waals surface area contributed by atoms with Crippen LogP contribution in [0, 0.1) is 0 Å². The summed E-state index contributed by atoms with van der Waals surface area (Å²) in [6, 6.07) is 9.30. The lowest BCUT2D eigenvalue weighted by molar-refractivity contribution is -0.141. The van der Waals surface area contributed by atoms with E-state index in [1.165, 1.54) is 0 Å². The van der Waals surface area contributed by atoms with E-state index in [-0.39, 0.29) is 24.6 Å². The fraction of sp³-hybridized carbons (Fsp3) is 0.562. The Kier molecular flexibility index (Phi) is 5.43. The molecule has 0 N–H and O–H groups in total. The summed E-state index contributed by atoms with van der Waals surface area (Å²) in [6.07, 6.45) is -1.10. The summed E-state index contributed by atoms with van der Waals surface area (Å²) < 4.78 is 30.0. The van der Waals surface area contributed by atoms with Gasteiger partial charge in [-0.2, -0.15) is 0 Å². The zero-order valence-electron chi connectivity index (χ0n) is 13.4. The summed E-state index contributed by atoms with van der Waals surface area (Å²) in [7, 11) is -3.48. The first kappa shape index (κ1) is 17.2. The molecule has 2 atom stereocenters. The highest BCUT2D eigenvalue weighted by atomic mass is 31.2. The lowest BCUT2D eigenvalue weighted by Gasteiger charge is -2.29. The number of hydrogen-bond donors (Lipinski definition) is 0. The molecule has 1 aliphatic rings. The molecule has 1 aromatic rings. The van der Waals surface area contributed by atoms with Crippen molar-refractivity contribution in [1.82, 2.24) is 0 Å². The van der Waals surface area contributed by atoms with Crippen LogP contribution in [0.3, 0.4) is 0 Å². The van der Waals surface area contributed by atoms with Crippen molar-refractivity contribution in [3.63, 3.8) is 0 Å². The number of ether oxygens (including phenoxy) is 1. The van der Waals surface area contributed by atoms with Gasteiger partial charge in [-0.15, -0.1) is 0 Å². The van der Waals surface area contributed by atoms with Crippen molar-refractivity contribution in [3.8, 4) is 0 Å². The minimum Gasteiger partial charge on any atom is -0.456 e. The van der Waals surface area contributed by atoms with Gasteiger partial charge in [-0.05, 0) is 33.3 Å². The van der Waals surface area contributed by atoms with Crippen molar-refractivity contribution in [2.45, 2.75) is 58.1 Å². The molecule has 0 bridgehead atoms. The summed E-state index contributed by atoms with van der Waals surface area (Å²) >= 11 is 0. The molecular formula is C16H23O5P. The van der Waals surface area contributed by atoms with Gasteiger partial charge < -0.3 is 13.8 Å². The summed E-state index contributed by atoms with van der Waals surface area (Å²) in [5.41, 5.74) is 0.186. The summed E-state index contributed by atoms with van der Waals surface area (Å²) in [6.45, 7) is 7.19. The quantitative estimate of drug-likeness (QED) is 0.582. The number of esters is 1. The van der Waals surface area contributed by atoms with Crippen LogP contribution in [-0.2, 0) is 23.1 Å². The monoisotopic (exact) mass is 326 g/mol. The van der Waals surface area contributed by atoms with E-state index in [4.69, 9.17) is 13.8 Å². The van der Waals surface area contributed by atoms with Gasteiger partial charge in [0.15, 0.2) is 0 Å². The first-order valence-electron chi connectivity index (χ1n) is 7.53. The Morgan fingerprint density at radius 2 is 1.64 bits per heavy atom. The van der Waals surface area contributed by atoms with E-state index < -0.39 is 19.4 Å². The minimum absolute atomic E-state index is 0.0380. The molecule has 0 aliphatic carbocycles. The highest BCUT2D eigenvalue weighted by Crippen LogP contribution is 2.62. The van der Waals surface area contributed by atoms with Crippen molar-refractivity contribution in [1.29, 1.82) is 0 Å². The van der Waals surface area contributed by atoms with Crippen molar-refractivity contribution in [2.24, 2.45) is 0 Å². The van der Waals surface area contributed by atoms with Gasteiger partial charge in [0.2, 0.25) is 0 Å². The molecule has 1 saturated heterocycles. The SMILES string of the molecule is CC(C)OP(=O)(OC(C)C)[C@@H]1CC(=O)O[C@H]1c1ccccc1. The molecule has 1 aromatic carbocycles. The Hall–Kier alpha value is -1.16. The molecule has 2 rings (SSSR count). The second-order valence-corrected chi connectivity index (χ2v) is 8.11. The Morgan fingerprint density at radius 1 is 1.09 bits per heavy atom.